The van der Waals surface area contributed by atoms with Crippen LogP contribution in [0.1, 0.15) is 48.7 Å². The number of aliphatic hydroxyl groups is 2. The van der Waals surface area contributed by atoms with Crippen LogP contribution in [0.3, 0.4) is 0 Å². The molecule has 2 heterocycles. The van der Waals surface area contributed by atoms with E-state index in [2.05, 4.69) is 10.6 Å². The molecule has 6 nitrogen and oxygen atoms in total. The van der Waals surface area contributed by atoms with E-state index in [1.165, 1.54) is 25.7 Å². The minimum Gasteiger partial charge on any atom is -0.394 e. The number of anilines is 1. The van der Waals surface area contributed by atoms with Crippen molar-refractivity contribution >= 4 is 5.82 Å². The van der Waals surface area contributed by atoms with Crippen molar-refractivity contribution in [1.29, 1.82) is 0 Å². The summed E-state index contributed by atoms with van der Waals surface area (Å²) in [6, 6.07) is 0. The molecule has 2 aliphatic rings. The van der Waals surface area contributed by atoms with Gasteiger partial charge in [0.2, 0.25) is 0 Å². The van der Waals surface area contributed by atoms with E-state index in [-0.39, 0.29) is 6.61 Å². The molecule has 1 aliphatic carbocycles. The molecule has 22 heavy (non-hydrogen) atoms. The first-order valence-corrected chi connectivity index (χ1v) is 8.41. The van der Waals surface area contributed by atoms with Crippen LogP contribution in [0.15, 0.2) is 0 Å². The summed E-state index contributed by atoms with van der Waals surface area (Å²) in [5, 5.41) is 25.2. The Bertz CT molecular complexity index is 503. The third-order valence-electron chi connectivity index (χ3n) is 4.64. The number of aliphatic hydroxyl groups excluding tert-OH is 2. The van der Waals surface area contributed by atoms with Crippen LogP contribution in [0.2, 0.25) is 0 Å². The minimum atomic E-state index is -0.760. The van der Waals surface area contributed by atoms with Gasteiger partial charge in [-0.2, -0.15) is 0 Å². The third-order valence-corrected chi connectivity index (χ3v) is 4.64. The molecule has 0 spiro atoms. The summed E-state index contributed by atoms with van der Waals surface area (Å²) in [6.07, 6.45) is 5.94. The van der Waals surface area contributed by atoms with Gasteiger partial charge in [-0.05, 0) is 25.8 Å². The molecule has 4 N–H and O–H groups in total. The van der Waals surface area contributed by atoms with Gasteiger partial charge in [0.25, 0.3) is 0 Å². The van der Waals surface area contributed by atoms with E-state index < -0.39 is 6.10 Å². The molecule has 0 bridgehead atoms. The van der Waals surface area contributed by atoms with E-state index in [1.54, 1.807) is 0 Å². The van der Waals surface area contributed by atoms with Crippen LogP contribution in [-0.4, -0.2) is 52.5 Å². The van der Waals surface area contributed by atoms with Crippen LogP contribution in [0.25, 0.3) is 0 Å². The fourth-order valence-corrected chi connectivity index (χ4v) is 3.36. The highest BCUT2D eigenvalue weighted by Crippen LogP contribution is 2.33. The van der Waals surface area contributed by atoms with Crippen molar-refractivity contribution in [1.82, 2.24) is 15.3 Å². The number of fused-ring (bicyclic) bond motifs is 1. The molecule has 3 rings (SSSR count). The highest BCUT2D eigenvalue weighted by Gasteiger charge is 2.24. The van der Waals surface area contributed by atoms with Gasteiger partial charge < -0.3 is 20.8 Å². The zero-order valence-corrected chi connectivity index (χ0v) is 13.0. The lowest BCUT2D eigenvalue weighted by Crippen LogP contribution is -2.25. The topological polar surface area (TPSA) is 90.3 Å². The minimum absolute atomic E-state index is 0.239. The summed E-state index contributed by atoms with van der Waals surface area (Å²) < 4.78 is 0. The fourth-order valence-electron chi connectivity index (χ4n) is 3.36. The van der Waals surface area contributed by atoms with Gasteiger partial charge in [-0.3, -0.25) is 0 Å². The van der Waals surface area contributed by atoms with Crippen molar-refractivity contribution in [2.45, 2.75) is 50.5 Å². The Balaban J connectivity index is 1.88. The molecule has 0 radical (unpaired) electrons. The summed E-state index contributed by atoms with van der Waals surface area (Å²) in [6.45, 7) is 1.96. The molecule has 1 aromatic heterocycles. The molecule has 1 aromatic rings. The molecular weight excluding hydrogens is 280 g/mol. The Hall–Kier alpha value is -1.24. The first-order valence-electron chi connectivity index (χ1n) is 8.41. The standard InChI is InChI=1S/C16H26N4O2/c21-10-12(22)9-18-16-13-5-7-17-8-6-14(13)19-15(20-16)11-3-1-2-4-11/h11-12,17,21-22H,1-10H2,(H,18,19,20)/t12-/m0/s1. The van der Waals surface area contributed by atoms with Gasteiger partial charge in [0, 0.05) is 31.0 Å². The number of nitrogens with one attached hydrogen (secondary N) is 2. The fraction of sp³-hybridized carbons (Fsp3) is 0.750. The second-order valence-corrected chi connectivity index (χ2v) is 6.30. The van der Waals surface area contributed by atoms with E-state index in [9.17, 15) is 5.11 Å². The molecule has 0 unspecified atom stereocenters. The van der Waals surface area contributed by atoms with E-state index in [0.29, 0.717) is 12.5 Å². The normalized spacial score (nSPS) is 20.5. The average molecular weight is 306 g/mol. The van der Waals surface area contributed by atoms with Crippen molar-refractivity contribution in [3.05, 3.63) is 17.1 Å². The van der Waals surface area contributed by atoms with E-state index >= 15 is 0 Å². The predicted molar refractivity (Wildman–Crippen MR) is 85.1 cm³/mol. The zero-order chi connectivity index (χ0) is 15.4. The molecule has 6 heteroatoms. The summed E-state index contributed by atoms with van der Waals surface area (Å²) in [4.78, 5) is 9.63. The first-order chi connectivity index (χ1) is 10.8. The number of hydrogen-bond donors (Lipinski definition) is 4. The van der Waals surface area contributed by atoms with Gasteiger partial charge in [0.05, 0.1) is 18.4 Å². The number of rotatable bonds is 5. The van der Waals surface area contributed by atoms with Crippen molar-refractivity contribution in [3.63, 3.8) is 0 Å². The van der Waals surface area contributed by atoms with Gasteiger partial charge in [-0.25, -0.2) is 9.97 Å². The van der Waals surface area contributed by atoms with Crippen molar-refractivity contribution in [3.8, 4) is 0 Å². The molecule has 1 fully saturated rings. The van der Waals surface area contributed by atoms with Gasteiger partial charge >= 0.3 is 0 Å². The van der Waals surface area contributed by atoms with E-state index in [1.807, 2.05) is 0 Å². The third kappa shape index (κ3) is 3.56. The van der Waals surface area contributed by atoms with E-state index in [0.717, 1.165) is 48.8 Å². The number of nitrogens with zero attached hydrogens (tertiary/aromatic N) is 2. The van der Waals surface area contributed by atoms with Crippen LogP contribution in [0.5, 0.6) is 0 Å². The van der Waals surface area contributed by atoms with Crippen LogP contribution < -0.4 is 10.6 Å². The molecule has 1 aliphatic heterocycles. The highest BCUT2D eigenvalue weighted by molar-refractivity contribution is 5.48. The Morgan fingerprint density at radius 2 is 1.95 bits per heavy atom. The molecule has 122 valence electrons. The largest absolute Gasteiger partial charge is 0.394 e. The molecule has 0 saturated heterocycles. The maximum Gasteiger partial charge on any atom is 0.134 e. The number of aromatic nitrogens is 2. The quantitative estimate of drug-likeness (QED) is 0.636. The van der Waals surface area contributed by atoms with Gasteiger partial charge in [0.15, 0.2) is 0 Å². The maximum atomic E-state index is 9.59. The molecular formula is C16H26N4O2. The van der Waals surface area contributed by atoms with Gasteiger partial charge in [-0.1, -0.05) is 12.8 Å². The Labute approximate surface area is 131 Å². The van der Waals surface area contributed by atoms with Crippen molar-refractivity contribution < 1.29 is 10.2 Å². The molecule has 0 amide bonds. The lowest BCUT2D eigenvalue weighted by molar-refractivity contribution is 0.105. The summed E-state index contributed by atoms with van der Waals surface area (Å²) >= 11 is 0. The van der Waals surface area contributed by atoms with Crippen LogP contribution >= 0.6 is 0 Å². The highest BCUT2D eigenvalue weighted by atomic mass is 16.3. The zero-order valence-electron chi connectivity index (χ0n) is 13.0. The second kappa shape index (κ2) is 7.35. The first kappa shape index (κ1) is 15.6. The molecule has 0 aromatic carbocycles. The Morgan fingerprint density at radius 1 is 1.18 bits per heavy atom. The SMILES string of the molecule is OC[C@@H](O)CNc1nc(C2CCCC2)nc2c1CCNCC2. The predicted octanol–water partition coefficient (Wildman–Crippen LogP) is 0.587. The van der Waals surface area contributed by atoms with Crippen molar-refractivity contribution in [2.75, 3.05) is 31.6 Å². The summed E-state index contributed by atoms with van der Waals surface area (Å²) in [5.41, 5.74) is 2.31. The van der Waals surface area contributed by atoms with Crippen LogP contribution in [-0.2, 0) is 12.8 Å². The van der Waals surface area contributed by atoms with Gasteiger partial charge in [-0.15, -0.1) is 0 Å². The van der Waals surface area contributed by atoms with Crippen molar-refractivity contribution in [2.24, 2.45) is 0 Å². The second-order valence-electron chi connectivity index (χ2n) is 6.30. The lowest BCUT2D eigenvalue weighted by Gasteiger charge is -2.18. The van der Waals surface area contributed by atoms with Gasteiger partial charge in [0.1, 0.15) is 11.6 Å². The van der Waals surface area contributed by atoms with Crippen LogP contribution in [0.4, 0.5) is 5.82 Å². The maximum absolute atomic E-state index is 9.59. The van der Waals surface area contributed by atoms with E-state index in [4.69, 9.17) is 15.1 Å². The van der Waals surface area contributed by atoms with Crippen LogP contribution in [0, 0.1) is 0 Å². The lowest BCUT2D eigenvalue weighted by atomic mass is 10.0. The summed E-state index contributed by atoms with van der Waals surface area (Å²) in [5.74, 6) is 2.28. The molecule has 1 saturated carbocycles. The Morgan fingerprint density at radius 3 is 2.73 bits per heavy atom. The number of hydrogen-bond acceptors (Lipinski definition) is 6. The monoisotopic (exact) mass is 306 g/mol. The summed E-state index contributed by atoms with van der Waals surface area (Å²) in [7, 11) is 0. The average Bonchev–Trinajstić information content (AvgIpc) is 2.97. The molecule has 1 atom stereocenters. The smallest absolute Gasteiger partial charge is 0.134 e. The Kier molecular flexibility index (Phi) is 5.23.